The largest absolute Gasteiger partial charge is 0.497 e. The van der Waals surface area contributed by atoms with Crippen molar-refractivity contribution >= 4 is 21.6 Å². The van der Waals surface area contributed by atoms with Gasteiger partial charge in [-0.15, -0.1) is 0 Å². The summed E-state index contributed by atoms with van der Waals surface area (Å²) >= 11 is 0. The minimum atomic E-state index is -3.82. The molecular weight excluding hydrogens is 611 g/mol. The van der Waals surface area contributed by atoms with Crippen molar-refractivity contribution in [2.24, 2.45) is 4.99 Å². The third kappa shape index (κ3) is 7.55. The molecule has 4 aromatic rings. The van der Waals surface area contributed by atoms with Gasteiger partial charge in [0.2, 0.25) is 5.90 Å². The Hall–Kier alpha value is -4.74. The van der Waals surface area contributed by atoms with Gasteiger partial charge in [0, 0.05) is 31.6 Å². The van der Waals surface area contributed by atoms with Gasteiger partial charge >= 0.3 is 0 Å². The fraction of sp³-hybridized carbons (Fsp3) is 0.257. The lowest BCUT2D eigenvalue weighted by Gasteiger charge is -2.30. The van der Waals surface area contributed by atoms with Crippen molar-refractivity contribution in [1.82, 2.24) is 5.32 Å². The van der Waals surface area contributed by atoms with E-state index in [1.807, 2.05) is 0 Å². The SMILES string of the molecule is COc1cccc([C@H]2OC(c3ccc(OCCCO)cc3)=N[C@@]2(CCS(=O)(=O)c2ccccc2)C(=O)NCc2cccc(F)c2)c1. The van der Waals surface area contributed by atoms with Gasteiger partial charge in [0.05, 0.1) is 24.4 Å². The highest BCUT2D eigenvalue weighted by Gasteiger charge is 2.53. The van der Waals surface area contributed by atoms with Crippen LogP contribution in [0.15, 0.2) is 113 Å². The summed E-state index contributed by atoms with van der Waals surface area (Å²) in [5.74, 6) is -0.182. The molecule has 46 heavy (non-hydrogen) atoms. The number of nitrogens with one attached hydrogen (secondary N) is 1. The predicted molar refractivity (Wildman–Crippen MR) is 171 cm³/mol. The first-order valence-corrected chi connectivity index (χ1v) is 16.4. The molecule has 0 radical (unpaired) electrons. The van der Waals surface area contributed by atoms with Gasteiger partial charge in [0.15, 0.2) is 21.5 Å². The summed E-state index contributed by atoms with van der Waals surface area (Å²) in [6, 6.07) is 27.8. The van der Waals surface area contributed by atoms with Gasteiger partial charge in [0.1, 0.15) is 17.3 Å². The zero-order valence-corrected chi connectivity index (χ0v) is 26.1. The van der Waals surface area contributed by atoms with Crippen LogP contribution in [0.3, 0.4) is 0 Å². The molecule has 0 saturated carbocycles. The molecule has 2 N–H and O–H groups in total. The summed E-state index contributed by atoms with van der Waals surface area (Å²) in [6.45, 7) is 0.340. The second-order valence-electron chi connectivity index (χ2n) is 10.8. The van der Waals surface area contributed by atoms with Crippen LogP contribution >= 0.6 is 0 Å². The topological polar surface area (TPSA) is 124 Å². The number of benzene rings is 4. The van der Waals surface area contributed by atoms with Crippen molar-refractivity contribution in [1.29, 1.82) is 0 Å². The average Bonchev–Trinajstić information content (AvgIpc) is 3.48. The molecule has 1 heterocycles. The summed E-state index contributed by atoms with van der Waals surface area (Å²) in [4.78, 5) is 19.3. The number of rotatable bonds is 14. The molecule has 0 fully saturated rings. The number of ether oxygens (including phenoxy) is 3. The first-order valence-electron chi connectivity index (χ1n) is 14.8. The fourth-order valence-corrected chi connectivity index (χ4v) is 6.58. The lowest BCUT2D eigenvalue weighted by atomic mass is 9.85. The van der Waals surface area contributed by atoms with E-state index in [1.54, 1.807) is 78.9 Å². The second-order valence-corrected chi connectivity index (χ2v) is 12.9. The molecule has 0 unspecified atom stereocenters. The zero-order chi connectivity index (χ0) is 32.6. The number of nitrogens with zero attached hydrogens (tertiary/aromatic N) is 1. The first-order chi connectivity index (χ1) is 22.2. The molecule has 0 aromatic heterocycles. The van der Waals surface area contributed by atoms with Crippen molar-refractivity contribution in [2.75, 3.05) is 26.1 Å². The minimum absolute atomic E-state index is 0.0116. The van der Waals surface area contributed by atoms with Crippen LogP contribution in [-0.2, 0) is 25.9 Å². The molecule has 1 aliphatic rings. The molecule has 1 aliphatic heterocycles. The molecule has 9 nitrogen and oxygen atoms in total. The highest BCUT2D eigenvalue weighted by atomic mass is 32.2. The lowest BCUT2D eigenvalue weighted by molar-refractivity contribution is -0.129. The Morgan fingerprint density at radius 2 is 1.74 bits per heavy atom. The average molecular weight is 647 g/mol. The standard InChI is InChI=1S/C35H35FN2O7S/c1-43-30-11-6-9-27(23-30)32-35(18-21-46(41,42)31-12-3-2-4-13-31,34(40)37-24-25-8-5-10-28(36)22-25)38-33(45-32)26-14-16-29(17-15-26)44-20-7-19-39/h2-6,8-17,22-23,32,39H,7,18-21,24H2,1H3,(H,37,40)/t32-,35-/m1/s1. The number of carbonyl (C=O) groups excluding carboxylic acids is 1. The molecule has 4 aromatic carbocycles. The third-order valence-electron chi connectivity index (χ3n) is 7.62. The predicted octanol–water partition coefficient (Wildman–Crippen LogP) is 5.03. The number of halogens is 1. The summed E-state index contributed by atoms with van der Waals surface area (Å²) < 4.78 is 58.5. The van der Waals surface area contributed by atoms with Crippen LogP contribution in [0.4, 0.5) is 4.39 Å². The maximum absolute atomic E-state index is 14.3. The van der Waals surface area contributed by atoms with Crippen LogP contribution in [0.5, 0.6) is 11.5 Å². The van der Waals surface area contributed by atoms with Crippen molar-refractivity contribution < 1.29 is 36.9 Å². The second kappa shape index (κ2) is 14.6. The summed E-state index contributed by atoms with van der Waals surface area (Å²) in [5.41, 5.74) is -0.0980. The lowest BCUT2D eigenvalue weighted by Crippen LogP contribution is -2.49. The highest BCUT2D eigenvalue weighted by Crippen LogP contribution is 2.44. The number of carbonyl (C=O) groups is 1. The van der Waals surface area contributed by atoms with Crippen LogP contribution in [0.2, 0.25) is 0 Å². The number of aliphatic imine (C=N–C) groups is 1. The van der Waals surface area contributed by atoms with Crippen LogP contribution in [0.1, 0.15) is 35.6 Å². The Morgan fingerprint density at radius 3 is 2.46 bits per heavy atom. The van der Waals surface area contributed by atoms with Gasteiger partial charge in [0.25, 0.3) is 5.91 Å². The summed E-state index contributed by atoms with van der Waals surface area (Å²) in [7, 11) is -2.30. The maximum atomic E-state index is 14.3. The molecule has 0 saturated heterocycles. The molecule has 2 atom stereocenters. The van der Waals surface area contributed by atoms with E-state index >= 15 is 0 Å². The van der Waals surface area contributed by atoms with Gasteiger partial charge in [-0.3, -0.25) is 4.79 Å². The number of aliphatic hydroxyl groups is 1. The van der Waals surface area contributed by atoms with Gasteiger partial charge in [-0.25, -0.2) is 17.8 Å². The number of sulfone groups is 1. The Bertz CT molecular complexity index is 1780. The van der Waals surface area contributed by atoms with Gasteiger partial charge in [-0.1, -0.05) is 42.5 Å². The van der Waals surface area contributed by atoms with E-state index in [9.17, 15) is 17.6 Å². The number of hydrogen-bond donors (Lipinski definition) is 2. The van der Waals surface area contributed by atoms with Gasteiger partial charge < -0.3 is 24.6 Å². The monoisotopic (exact) mass is 646 g/mol. The molecule has 11 heteroatoms. The van der Waals surface area contributed by atoms with Crippen molar-refractivity contribution in [3.8, 4) is 11.5 Å². The van der Waals surface area contributed by atoms with Crippen LogP contribution in [0, 0.1) is 5.82 Å². The van der Waals surface area contributed by atoms with E-state index < -0.39 is 39.0 Å². The molecule has 0 aliphatic carbocycles. The summed E-state index contributed by atoms with van der Waals surface area (Å²) in [6.07, 6.45) is -0.761. The van der Waals surface area contributed by atoms with Crippen LogP contribution < -0.4 is 14.8 Å². The van der Waals surface area contributed by atoms with E-state index in [0.717, 1.165) is 0 Å². The Balaban J connectivity index is 1.56. The van der Waals surface area contributed by atoms with Crippen molar-refractivity contribution in [2.45, 2.75) is 35.9 Å². The van der Waals surface area contributed by atoms with Crippen LogP contribution in [-0.4, -0.2) is 56.9 Å². The zero-order valence-electron chi connectivity index (χ0n) is 25.3. The van der Waals surface area contributed by atoms with Gasteiger partial charge in [-0.2, -0.15) is 0 Å². The molecule has 0 bridgehead atoms. The molecule has 5 rings (SSSR count). The number of amides is 1. The van der Waals surface area contributed by atoms with Crippen LogP contribution in [0.25, 0.3) is 0 Å². The van der Waals surface area contributed by atoms with E-state index in [0.29, 0.717) is 41.2 Å². The molecular formula is C35H35FN2O7S. The molecule has 0 spiro atoms. The Labute approximate surface area is 267 Å². The molecule has 1 amide bonds. The van der Waals surface area contributed by atoms with Crippen molar-refractivity contribution in [3.05, 3.63) is 126 Å². The minimum Gasteiger partial charge on any atom is -0.497 e. The maximum Gasteiger partial charge on any atom is 0.252 e. The third-order valence-corrected chi connectivity index (χ3v) is 9.35. The highest BCUT2D eigenvalue weighted by molar-refractivity contribution is 7.91. The summed E-state index contributed by atoms with van der Waals surface area (Å²) in [5, 5.41) is 11.9. The van der Waals surface area contributed by atoms with E-state index in [2.05, 4.69) is 5.32 Å². The first kappa shape index (κ1) is 32.6. The normalized spacial score (nSPS) is 17.5. The number of methoxy groups -OCH3 is 1. The number of hydrogen-bond acceptors (Lipinski definition) is 8. The van der Waals surface area contributed by atoms with Crippen molar-refractivity contribution in [3.63, 3.8) is 0 Å². The molecule has 240 valence electrons. The van der Waals surface area contributed by atoms with E-state index in [4.69, 9.17) is 24.3 Å². The van der Waals surface area contributed by atoms with E-state index in [1.165, 1.54) is 31.4 Å². The number of aliphatic hydroxyl groups excluding tert-OH is 1. The quantitative estimate of drug-likeness (QED) is 0.184. The van der Waals surface area contributed by atoms with Gasteiger partial charge in [-0.05, 0) is 71.8 Å². The smallest absolute Gasteiger partial charge is 0.252 e. The fourth-order valence-electron chi connectivity index (χ4n) is 5.19. The van der Waals surface area contributed by atoms with E-state index in [-0.39, 0.29) is 30.4 Å². The Morgan fingerprint density at radius 1 is 0.978 bits per heavy atom. The Kier molecular flexibility index (Phi) is 10.3.